The van der Waals surface area contributed by atoms with Crippen LogP contribution in [0.4, 0.5) is 0 Å². The Balaban J connectivity index is 2.77. The Morgan fingerprint density at radius 3 is 2.56 bits per heavy atom. The number of ether oxygens (including phenoxy) is 1. The number of aromatic amines is 1. The molecule has 2 rings (SSSR count). The van der Waals surface area contributed by atoms with Gasteiger partial charge < -0.3 is 14.8 Å². The third-order valence-corrected chi connectivity index (χ3v) is 3.74. The summed E-state index contributed by atoms with van der Waals surface area (Å²) < 4.78 is 27.6. The third kappa shape index (κ3) is 2.14. The van der Waals surface area contributed by atoms with Crippen molar-refractivity contribution in [2.45, 2.75) is 4.90 Å². The van der Waals surface area contributed by atoms with Crippen LogP contribution in [0.3, 0.4) is 0 Å². The van der Waals surface area contributed by atoms with Crippen molar-refractivity contribution in [3.8, 4) is 5.75 Å². The number of aromatic nitrogens is 1. The number of aromatic carboxylic acids is 1. The van der Waals surface area contributed by atoms with Gasteiger partial charge in [-0.1, -0.05) is 0 Å². The summed E-state index contributed by atoms with van der Waals surface area (Å²) >= 11 is 0. The zero-order chi connectivity index (χ0) is 13.5. The van der Waals surface area contributed by atoms with E-state index < -0.39 is 15.0 Å². The molecule has 0 aliphatic rings. The molecule has 8 heteroatoms. The number of carboxylic acids is 1. The van der Waals surface area contributed by atoms with Gasteiger partial charge in [-0.3, -0.25) is 0 Å². The highest BCUT2D eigenvalue weighted by atomic mass is 35.7. The molecule has 0 unspecified atom stereocenters. The SMILES string of the molecule is COc1cc2[nH]c(C(=O)O)cc2cc1S(=O)(=O)Cl. The number of carboxylic acid groups (broad SMARTS) is 1. The molecule has 0 saturated heterocycles. The molecule has 0 aliphatic carbocycles. The Morgan fingerprint density at radius 2 is 2.06 bits per heavy atom. The Bertz CT molecular complexity index is 734. The molecule has 1 heterocycles. The fraction of sp³-hybridized carbons (Fsp3) is 0.100. The molecule has 0 aliphatic heterocycles. The molecule has 6 nitrogen and oxygen atoms in total. The minimum absolute atomic E-state index is 0.0452. The fourth-order valence-corrected chi connectivity index (χ4v) is 2.62. The van der Waals surface area contributed by atoms with Crippen LogP contribution in [0.5, 0.6) is 5.75 Å². The highest BCUT2D eigenvalue weighted by Crippen LogP contribution is 2.31. The van der Waals surface area contributed by atoms with Gasteiger partial charge in [0.1, 0.15) is 16.3 Å². The molecule has 0 bridgehead atoms. The van der Waals surface area contributed by atoms with E-state index in [1.54, 1.807) is 0 Å². The van der Waals surface area contributed by atoms with Gasteiger partial charge in [0.2, 0.25) is 0 Å². The molecule has 1 aromatic carbocycles. The molecule has 0 saturated carbocycles. The maximum absolute atomic E-state index is 11.4. The Kier molecular flexibility index (Phi) is 2.95. The number of H-pyrrole nitrogens is 1. The molecule has 2 N–H and O–H groups in total. The van der Waals surface area contributed by atoms with Gasteiger partial charge in [0.15, 0.2) is 0 Å². The zero-order valence-corrected chi connectivity index (χ0v) is 10.7. The van der Waals surface area contributed by atoms with Crippen LogP contribution in [0, 0.1) is 0 Å². The number of methoxy groups -OCH3 is 1. The van der Waals surface area contributed by atoms with Crippen molar-refractivity contribution in [1.82, 2.24) is 4.98 Å². The predicted molar refractivity (Wildman–Crippen MR) is 64.8 cm³/mol. The van der Waals surface area contributed by atoms with Gasteiger partial charge in [0.25, 0.3) is 9.05 Å². The molecular weight excluding hydrogens is 282 g/mol. The van der Waals surface area contributed by atoms with Crippen LogP contribution in [-0.2, 0) is 9.05 Å². The van der Waals surface area contributed by atoms with Gasteiger partial charge in [-0.05, 0) is 12.1 Å². The van der Waals surface area contributed by atoms with Crippen molar-refractivity contribution in [3.63, 3.8) is 0 Å². The summed E-state index contributed by atoms with van der Waals surface area (Å²) in [5.74, 6) is -1.09. The van der Waals surface area contributed by atoms with E-state index >= 15 is 0 Å². The smallest absolute Gasteiger partial charge is 0.352 e. The van der Waals surface area contributed by atoms with Crippen LogP contribution >= 0.6 is 10.7 Å². The number of rotatable bonds is 3. The van der Waals surface area contributed by atoms with Crippen LogP contribution in [0.1, 0.15) is 10.5 Å². The van der Waals surface area contributed by atoms with Crippen LogP contribution in [0.2, 0.25) is 0 Å². The minimum atomic E-state index is -3.96. The highest BCUT2D eigenvalue weighted by Gasteiger charge is 2.19. The highest BCUT2D eigenvalue weighted by molar-refractivity contribution is 8.13. The Hall–Kier alpha value is -1.73. The molecular formula is C10H8ClNO5S. The number of benzene rings is 1. The van der Waals surface area contributed by atoms with Crippen LogP contribution in [0.25, 0.3) is 10.9 Å². The van der Waals surface area contributed by atoms with Crippen molar-refractivity contribution in [2.24, 2.45) is 0 Å². The first-order valence-corrected chi connectivity index (χ1v) is 7.02. The largest absolute Gasteiger partial charge is 0.495 e. The second kappa shape index (κ2) is 4.18. The molecule has 0 fully saturated rings. The first-order chi connectivity index (χ1) is 8.32. The van der Waals surface area contributed by atoms with E-state index in [0.717, 1.165) is 0 Å². The van der Waals surface area contributed by atoms with Crippen molar-refractivity contribution in [3.05, 3.63) is 23.9 Å². The minimum Gasteiger partial charge on any atom is -0.495 e. The van der Waals surface area contributed by atoms with Gasteiger partial charge >= 0.3 is 5.97 Å². The molecule has 2 aromatic rings. The first kappa shape index (κ1) is 12.7. The second-order valence-electron chi connectivity index (χ2n) is 3.52. The second-order valence-corrected chi connectivity index (χ2v) is 6.05. The summed E-state index contributed by atoms with van der Waals surface area (Å²) in [6, 6.07) is 3.97. The van der Waals surface area contributed by atoms with Crippen LogP contribution in [0.15, 0.2) is 23.1 Å². The van der Waals surface area contributed by atoms with Gasteiger partial charge in [-0.15, -0.1) is 0 Å². The molecule has 0 atom stereocenters. The van der Waals surface area contributed by atoms with Crippen molar-refractivity contribution in [1.29, 1.82) is 0 Å². The average Bonchev–Trinajstić information content (AvgIpc) is 2.68. The summed E-state index contributed by atoms with van der Waals surface area (Å²) in [6.07, 6.45) is 0. The normalized spacial score (nSPS) is 11.7. The van der Waals surface area contributed by atoms with E-state index in [2.05, 4.69) is 4.98 Å². The number of hydrogen-bond donors (Lipinski definition) is 2. The number of nitrogens with one attached hydrogen (secondary N) is 1. The van der Waals surface area contributed by atoms with E-state index in [-0.39, 0.29) is 16.3 Å². The lowest BCUT2D eigenvalue weighted by atomic mass is 10.2. The number of hydrogen-bond acceptors (Lipinski definition) is 4. The summed E-state index contributed by atoms with van der Waals surface area (Å²) in [7, 11) is 2.62. The maximum atomic E-state index is 11.4. The summed E-state index contributed by atoms with van der Waals surface area (Å²) in [5.41, 5.74) is 0.407. The zero-order valence-electron chi connectivity index (χ0n) is 9.10. The lowest BCUT2D eigenvalue weighted by Gasteiger charge is -2.05. The lowest BCUT2D eigenvalue weighted by Crippen LogP contribution is -1.96. The third-order valence-electron chi connectivity index (χ3n) is 2.40. The first-order valence-electron chi connectivity index (χ1n) is 4.71. The van der Waals surface area contributed by atoms with E-state index in [4.69, 9.17) is 20.5 Å². The van der Waals surface area contributed by atoms with Crippen LogP contribution < -0.4 is 4.74 Å². The quantitative estimate of drug-likeness (QED) is 0.840. The maximum Gasteiger partial charge on any atom is 0.352 e. The fourth-order valence-electron chi connectivity index (χ4n) is 1.61. The van der Waals surface area contributed by atoms with Gasteiger partial charge in [0, 0.05) is 27.7 Å². The van der Waals surface area contributed by atoms with E-state index in [9.17, 15) is 13.2 Å². The monoisotopic (exact) mass is 289 g/mol. The summed E-state index contributed by atoms with van der Waals surface area (Å²) in [6.45, 7) is 0. The van der Waals surface area contributed by atoms with E-state index in [1.165, 1.54) is 25.3 Å². The van der Waals surface area contributed by atoms with Crippen molar-refractivity contribution >= 4 is 36.6 Å². The summed E-state index contributed by atoms with van der Waals surface area (Å²) in [4.78, 5) is 13.2. The average molecular weight is 290 g/mol. The van der Waals surface area contributed by atoms with Crippen LogP contribution in [-0.4, -0.2) is 31.6 Å². The molecule has 1 aromatic heterocycles. The van der Waals surface area contributed by atoms with Gasteiger partial charge in [-0.2, -0.15) is 0 Å². The molecule has 96 valence electrons. The topological polar surface area (TPSA) is 96.5 Å². The van der Waals surface area contributed by atoms with E-state index in [0.29, 0.717) is 10.9 Å². The molecule has 0 radical (unpaired) electrons. The molecule has 18 heavy (non-hydrogen) atoms. The van der Waals surface area contributed by atoms with Crippen molar-refractivity contribution < 1.29 is 23.1 Å². The number of fused-ring (bicyclic) bond motifs is 1. The predicted octanol–water partition coefficient (Wildman–Crippen LogP) is 1.80. The standard InChI is InChI=1S/C10H8ClNO5S/c1-17-8-4-6-5(2-7(12-6)10(13)14)3-9(8)18(11,15)16/h2-4,12H,1H3,(H,13,14). The van der Waals surface area contributed by atoms with E-state index in [1.807, 2.05) is 0 Å². The molecule has 0 spiro atoms. The van der Waals surface area contributed by atoms with Crippen molar-refractivity contribution in [2.75, 3.05) is 7.11 Å². The van der Waals surface area contributed by atoms with Gasteiger partial charge in [-0.25, -0.2) is 13.2 Å². The lowest BCUT2D eigenvalue weighted by molar-refractivity contribution is 0.0691. The molecule has 0 amide bonds. The van der Waals surface area contributed by atoms with Gasteiger partial charge in [0.05, 0.1) is 7.11 Å². The number of carbonyl (C=O) groups is 1. The Labute approximate surface area is 107 Å². The number of halogens is 1. The summed E-state index contributed by atoms with van der Waals surface area (Å²) in [5, 5.41) is 9.26. The Morgan fingerprint density at radius 1 is 1.39 bits per heavy atom.